The van der Waals surface area contributed by atoms with Crippen LogP contribution in [0.1, 0.15) is 46.5 Å². The molecule has 7 atom stereocenters. The van der Waals surface area contributed by atoms with Crippen molar-refractivity contribution >= 4 is 5.97 Å². The number of hydrogen-bond acceptors (Lipinski definition) is 5. The van der Waals surface area contributed by atoms with Crippen molar-refractivity contribution in [3.05, 3.63) is 0 Å². The summed E-state index contributed by atoms with van der Waals surface area (Å²) >= 11 is 0. The maximum absolute atomic E-state index is 12.1. The summed E-state index contributed by atoms with van der Waals surface area (Å²) in [6.45, 7) is 6.06. The van der Waals surface area contributed by atoms with Gasteiger partial charge in [-0.2, -0.15) is 0 Å². The first-order valence-corrected chi connectivity index (χ1v) is 7.71. The maximum atomic E-state index is 12.1. The van der Waals surface area contributed by atoms with Gasteiger partial charge in [-0.15, -0.1) is 0 Å². The second kappa shape index (κ2) is 3.96. The normalized spacial score (nSPS) is 57.8. The van der Waals surface area contributed by atoms with E-state index in [0.717, 1.165) is 25.7 Å². The first-order chi connectivity index (χ1) is 9.46. The van der Waals surface area contributed by atoms with Crippen LogP contribution in [0.2, 0.25) is 0 Å². The molecule has 0 aromatic rings. The van der Waals surface area contributed by atoms with Crippen LogP contribution >= 0.6 is 0 Å². The molecule has 4 unspecified atom stereocenters. The molecule has 1 aliphatic carbocycles. The lowest BCUT2D eigenvalue weighted by atomic mass is 9.58. The van der Waals surface area contributed by atoms with Crippen LogP contribution in [0, 0.1) is 23.7 Å². The summed E-state index contributed by atoms with van der Waals surface area (Å²) in [6.07, 6.45) is 3.24. The monoisotopic (exact) mass is 282 g/mol. The number of fused-ring (bicyclic) bond motifs is 2. The standard InChI is InChI=1S/C15H22O5/c1-8-4-5-11-9(2)12(16)17-13-15(11)10(8)6-7-14(3,18-13)19-20-15/h8-11,13H,4-7H2,1-3H3/t8?,9-,10?,11+,13-,14?,15?/m0/s1. The highest BCUT2D eigenvalue weighted by Gasteiger charge is 2.69. The lowest BCUT2D eigenvalue weighted by molar-refractivity contribution is -0.559. The Morgan fingerprint density at radius 2 is 1.90 bits per heavy atom. The van der Waals surface area contributed by atoms with E-state index in [4.69, 9.17) is 19.2 Å². The molecule has 5 aliphatic rings. The van der Waals surface area contributed by atoms with Crippen molar-refractivity contribution in [3.8, 4) is 0 Å². The molecule has 4 aliphatic heterocycles. The summed E-state index contributed by atoms with van der Waals surface area (Å²) in [5.74, 6) is -0.137. The fourth-order valence-corrected chi connectivity index (χ4v) is 4.76. The van der Waals surface area contributed by atoms with Crippen molar-refractivity contribution in [3.63, 3.8) is 0 Å². The summed E-state index contributed by atoms with van der Waals surface area (Å²) in [6, 6.07) is 0. The quantitative estimate of drug-likeness (QED) is 0.504. The molecule has 112 valence electrons. The first-order valence-electron chi connectivity index (χ1n) is 7.71. The third kappa shape index (κ3) is 1.46. The Hall–Kier alpha value is -0.650. The first kappa shape index (κ1) is 13.0. The zero-order valence-corrected chi connectivity index (χ0v) is 12.3. The Bertz CT molecular complexity index is 452. The molecule has 4 heterocycles. The molecule has 0 radical (unpaired) electrons. The molecule has 5 fully saturated rings. The molecular weight excluding hydrogens is 260 g/mol. The topological polar surface area (TPSA) is 54.0 Å². The van der Waals surface area contributed by atoms with Gasteiger partial charge < -0.3 is 9.47 Å². The Balaban J connectivity index is 1.84. The van der Waals surface area contributed by atoms with Crippen molar-refractivity contribution in [2.24, 2.45) is 23.7 Å². The van der Waals surface area contributed by atoms with E-state index in [1.54, 1.807) is 0 Å². The number of rotatable bonds is 0. The molecule has 0 aromatic carbocycles. The molecule has 0 N–H and O–H groups in total. The number of esters is 1. The van der Waals surface area contributed by atoms with E-state index < -0.39 is 17.7 Å². The summed E-state index contributed by atoms with van der Waals surface area (Å²) < 4.78 is 11.6. The Morgan fingerprint density at radius 3 is 2.70 bits per heavy atom. The van der Waals surface area contributed by atoms with Gasteiger partial charge in [0.15, 0.2) is 5.60 Å². The molecule has 0 aromatic heterocycles. The molecule has 5 rings (SSSR count). The van der Waals surface area contributed by atoms with E-state index in [1.165, 1.54) is 0 Å². The smallest absolute Gasteiger partial charge is 0.311 e. The molecule has 5 heteroatoms. The zero-order valence-electron chi connectivity index (χ0n) is 12.3. The lowest BCUT2D eigenvalue weighted by Crippen LogP contribution is -2.69. The second-order valence-electron chi connectivity index (χ2n) is 7.14. The summed E-state index contributed by atoms with van der Waals surface area (Å²) in [7, 11) is 0. The molecule has 20 heavy (non-hydrogen) atoms. The molecule has 1 spiro atoms. The largest absolute Gasteiger partial charge is 0.432 e. The highest BCUT2D eigenvalue weighted by Crippen LogP contribution is 2.59. The van der Waals surface area contributed by atoms with Gasteiger partial charge in [0.05, 0.1) is 5.92 Å². The molecule has 4 saturated heterocycles. The van der Waals surface area contributed by atoms with Gasteiger partial charge in [0.25, 0.3) is 0 Å². The van der Waals surface area contributed by atoms with Crippen LogP contribution in [-0.2, 0) is 24.0 Å². The predicted octanol–water partition coefficient (Wildman–Crippen LogP) is 2.39. The minimum Gasteiger partial charge on any atom is -0.432 e. The Labute approximate surface area is 118 Å². The van der Waals surface area contributed by atoms with E-state index in [-0.39, 0.29) is 17.8 Å². The highest BCUT2D eigenvalue weighted by molar-refractivity contribution is 5.74. The third-order valence-electron chi connectivity index (χ3n) is 5.97. The van der Waals surface area contributed by atoms with Gasteiger partial charge in [-0.05, 0) is 32.1 Å². The van der Waals surface area contributed by atoms with Crippen LogP contribution in [0.3, 0.4) is 0 Å². The van der Waals surface area contributed by atoms with Gasteiger partial charge in [-0.1, -0.05) is 13.8 Å². The van der Waals surface area contributed by atoms with Crippen LogP contribution in [0.15, 0.2) is 0 Å². The number of carbonyl (C=O) groups excluding carboxylic acids is 1. The van der Waals surface area contributed by atoms with Gasteiger partial charge in [0.2, 0.25) is 12.1 Å². The van der Waals surface area contributed by atoms with Crippen LogP contribution in [0.4, 0.5) is 0 Å². The third-order valence-corrected chi connectivity index (χ3v) is 5.97. The number of ether oxygens (including phenoxy) is 2. The summed E-state index contributed by atoms with van der Waals surface area (Å²) in [5.41, 5.74) is -0.610. The van der Waals surface area contributed by atoms with E-state index >= 15 is 0 Å². The second-order valence-corrected chi connectivity index (χ2v) is 7.14. The van der Waals surface area contributed by atoms with Crippen LogP contribution in [0.5, 0.6) is 0 Å². The Kier molecular flexibility index (Phi) is 2.58. The molecule has 1 saturated carbocycles. The van der Waals surface area contributed by atoms with E-state index in [0.29, 0.717) is 11.8 Å². The van der Waals surface area contributed by atoms with Gasteiger partial charge in [-0.25, -0.2) is 9.78 Å². The van der Waals surface area contributed by atoms with Crippen LogP contribution in [-0.4, -0.2) is 23.6 Å². The Morgan fingerprint density at radius 1 is 1.10 bits per heavy atom. The van der Waals surface area contributed by atoms with Gasteiger partial charge in [0, 0.05) is 18.3 Å². The van der Waals surface area contributed by atoms with Crippen molar-refractivity contribution in [1.82, 2.24) is 0 Å². The number of hydrogen-bond donors (Lipinski definition) is 0. The fraction of sp³-hybridized carbons (Fsp3) is 0.933. The number of carbonyl (C=O) groups is 1. The summed E-state index contributed by atoms with van der Waals surface area (Å²) in [4.78, 5) is 23.7. The SMILES string of the molecule is CC1CC[C@@H]2[C@H](C)C(=O)O[C@H]3OC4(C)CCC1C32OO4. The van der Waals surface area contributed by atoms with Crippen molar-refractivity contribution in [2.45, 2.75) is 64.1 Å². The van der Waals surface area contributed by atoms with Crippen molar-refractivity contribution < 1.29 is 24.0 Å². The molecule has 0 amide bonds. The minimum atomic E-state index is -0.793. The average Bonchev–Trinajstić information content (AvgIpc) is 2.63. The lowest BCUT2D eigenvalue weighted by Gasteiger charge is -2.57. The molecule has 2 bridgehead atoms. The van der Waals surface area contributed by atoms with Gasteiger partial charge >= 0.3 is 5.97 Å². The average molecular weight is 282 g/mol. The maximum Gasteiger partial charge on any atom is 0.311 e. The zero-order chi connectivity index (χ0) is 14.1. The predicted molar refractivity (Wildman–Crippen MR) is 68.0 cm³/mol. The van der Waals surface area contributed by atoms with Gasteiger partial charge in [0.1, 0.15) is 0 Å². The van der Waals surface area contributed by atoms with E-state index in [9.17, 15) is 4.79 Å². The van der Waals surface area contributed by atoms with Crippen molar-refractivity contribution in [1.29, 1.82) is 0 Å². The van der Waals surface area contributed by atoms with Crippen LogP contribution < -0.4 is 0 Å². The summed E-state index contributed by atoms with van der Waals surface area (Å²) in [5, 5.41) is 0. The molecule has 5 nitrogen and oxygen atoms in total. The van der Waals surface area contributed by atoms with Crippen LogP contribution in [0.25, 0.3) is 0 Å². The van der Waals surface area contributed by atoms with Gasteiger partial charge in [-0.3, -0.25) is 4.79 Å². The molecular formula is C15H22O5. The van der Waals surface area contributed by atoms with E-state index in [2.05, 4.69) is 6.92 Å². The van der Waals surface area contributed by atoms with Crippen molar-refractivity contribution in [2.75, 3.05) is 0 Å². The minimum absolute atomic E-state index is 0.123. The van der Waals surface area contributed by atoms with E-state index in [1.807, 2.05) is 13.8 Å². The highest BCUT2D eigenvalue weighted by atomic mass is 17.3. The fourth-order valence-electron chi connectivity index (χ4n) is 4.76.